The summed E-state index contributed by atoms with van der Waals surface area (Å²) in [7, 11) is -6.90. The number of ketones is 1. The van der Waals surface area contributed by atoms with Gasteiger partial charge in [-0.25, -0.2) is 16.8 Å². The summed E-state index contributed by atoms with van der Waals surface area (Å²) in [4.78, 5) is 12.5. The predicted octanol–water partition coefficient (Wildman–Crippen LogP) is 3.05. The number of aliphatic hydroxyl groups is 1. The highest BCUT2D eigenvalue weighted by Crippen LogP contribution is 2.24. The molecule has 3 N–H and O–H groups in total. The maximum Gasteiger partial charge on any atom is 0.229 e. The average Bonchev–Trinajstić information content (AvgIpc) is 2.82. The van der Waals surface area contributed by atoms with Gasteiger partial charge in [-0.05, 0) is 48.0 Å². The Morgan fingerprint density at radius 2 is 1.38 bits per heavy atom. The standard InChI is InChI=1S/C25H24N4O6S2/c1-36(32,33)28-22-12-8-18(9-13-22)24(30)20(16-26)6-4-3-5-7-21(17-27)25(31)19-10-14-23(15-11-19)29-37(2,34)35/h3-15,20,24,28-30H,1-2H3/b5-3+,6-4+,21-7+. The van der Waals surface area contributed by atoms with Crippen LogP contribution in [0.3, 0.4) is 0 Å². The van der Waals surface area contributed by atoms with E-state index in [0.717, 1.165) is 12.5 Å². The number of nitriles is 2. The zero-order valence-corrected chi connectivity index (χ0v) is 21.5. The minimum atomic E-state index is -3.46. The van der Waals surface area contributed by atoms with E-state index in [9.17, 15) is 37.3 Å². The van der Waals surface area contributed by atoms with Crippen LogP contribution in [0.5, 0.6) is 0 Å². The molecule has 2 rings (SSSR count). The molecule has 0 fully saturated rings. The maximum absolute atomic E-state index is 12.5. The van der Waals surface area contributed by atoms with Gasteiger partial charge in [0.15, 0.2) is 0 Å². The van der Waals surface area contributed by atoms with Crippen molar-refractivity contribution < 1.29 is 26.7 Å². The van der Waals surface area contributed by atoms with Crippen LogP contribution in [0.1, 0.15) is 22.0 Å². The Labute approximate surface area is 216 Å². The molecule has 10 nitrogen and oxygen atoms in total. The molecule has 0 aliphatic rings. The Morgan fingerprint density at radius 3 is 1.84 bits per heavy atom. The first-order valence-corrected chi connectivity index (χ1v) is 14.3. The second kappa shape index (κ2) is 12.6. The quantitative estimate of drug-likeness (QED) is 0.168. The van der Waals surface area contributed by atoms with E-state index < -0.39 is 37.9 Å². The Kier molecular flexibility index (Phi) is 9.91. The van der Waals surface area contributed by atoms with Gasteiger partial charge in [0.2, 0.25) is 25.8 Å². The molecule has 0 saturated heterocycles. The van der Waals surface area contributed by atoms with Gasteiger partial charge in [-0.2, -0.15) is 10.5 Å². The molecule has 2 aromatic carbocycles. The van der Waals surface area contributed by atoms with E-state index in [4.69, 9.17) is 0 Å². The lowest BCUT2D eigenvalue weighted by Crippen LogP contribution is -2.11. The summed E-state index contributed by atoms with van der Waals surface area (Å²) in [6.07, 6.45) is 7.98. The van der Waals surface area contributed by atoms with E-state index >= 15 is 0 Å². The first kappa shape index (κ1) is 29.0. The Morgan fingerprint density at radius 1 is 0.865 bits per heavy atom. The Hall–Kier alpha value is -4.23. The van der Waals surface area contributed by atoms with Crippen molar-refractivity contribution in [2.45, 2.75) is 6.10 Å². The molecule has 0 spiro atoms. The predicted molar refractivity (Wildman–Crippen MR) is 140 cm³/mol. The van der Waals surface area contributed by atoms with Crippen molar-refractivity contribution in [3.05, 3.63) is 95.6 Å². The number of hydrogen-bond donors (Lipinski definition) is 3. The molecular weight excluding hydrogens is 516 g/mol. The smallest absolute Gasteiger partial charge is 0.229 e. The van der Waals surface area contributed by atoms with Gasteiger partial charge in [0.1, 0.15) is 6.07 Å². The number of carbonyl (C=O) groups excluding carboxylic acids is 1. The molecular formula is C25H24N4O6S2. The Balaban J connectivity index is 2.06. The Bertz CT molecular complexity index is 1510. The third-order valence-electron chi connectivity index (χ3n) is 4.66. The average molecular weight is 541 g/mol. The van der Waals surface area contributed by atoms with Crippen LogP contribution >= 0.6 is 0 Å². The second-order valence-corrected chi connectivity index (χ2v) is 11.3. The lowest BCUT2D eigenvalue weighted by Gasteiger charge is -2.14. The van der Waals surface area contributed by atoms with Gasteiger partial charge in [-0.15, -0.1) is 0 Å². The number of Topliss-reactive ketones (excluding diaryl/α,β-unsaturated/α-hetero) is 1. The van der Waals surface area contributed by atoms with E-state index in [2.05, 4.69) is 9.44 Å². The summed E-state index contributed by atoms with van der Waals surface area (Å²) in [6.45, 7) is 0. The van der Waals surface area contributed by atoms with E-state index in [1.165, 1.54) is 78.9 Å². The summed E-state index contributed by atoms with van der Waals surface area (Å²) in [5, 5.41) is 29.2. The van der Waals surface area contributed by atoms with E-state index in [0.29, 0.717) is 11.3 Å². The highest BCUT2D eigenvalue weighted by atomic mass is 32.2. The van der Waals surface area contributed by atoms with Crippen molar-refractivity contribution in [2.24, 2.45) is 5.92 Å². The highest BCUT2D eigenvalue weighted by molar-refractivity contribution is 7.92. The normalized spacial score (nSPS) is 14.0. The van der Waals surface area contributed by atoms with Crippen molar-refractivity contribution in [3.8, 4) is 12.1 Å². The zero-order valence-electron chi connectivity index (χ0n) is 19.9. The lowest BCUT2D eigenvalue weighted by molar-refractivity contribution is 0.103. The van der Waals surface area contributed by atoms with Crippen molar-refractivity contribution in [1.82, 2.24) is 0 Å². The third-order valence-corrected chi connectivity index (χ3v) is 5.88. The zero-order chi connectivity index (χ0) is 27.6. The molecule has 12 heteroatoms. The maximum atomic E-state index is 12.5. The van der Waals surface area contributed by atoms with Crippen LogP contribution in [0.15, 0.2) is 84.5 Å². The number of allylic oxidation sites excluding steroid dienone is 5. The van der Waals surface area contributed by atoms with Gasteiger partial charge in [-0.3, -0.25) is 14.2 Å². The molecule has 0 amide bonds. The minimum Gasteiger partial charge on any atom is -0.387 e. The number of hydrogen-bond acceptors (Lipinski definition) is 8. The fraction of sp³-hybridized carbons (Fsp3) is 0.160. The summed E-state index contributed by atoms with van der Waals surface area (Å²) < 4.78 is 49.7. The molecule has 0 radical (unpaired) electrons. The van der Waals surface area contributed by atoms with Gasteiger partial charge in [-0.1, -0.05) is 36.4 Å². The van der Waals surface area contributed by atoms with E-state index in [1.807, 2.05) is 12.1 Å². The highest BCUT2D eigenvalue weighted by Gasteiger charge is 2.18. The van der Waals surface area contributed by atoms with E-state index in [-0.39, 0.29) is 16.8 Å². The molecule has 192 valence electrons. The number of nitrogens with one attached hydrogen (secondary N) is 2. The number of benzene rings is 2. The van der Waals surface area contributed by atoms with Gasteiger partial charge < -0.3 is 5.11 Å². The molecule has 0 bridgehead atoms. The summed E-state index contributed by atoms with van der Waals surface area (Å²) in [5.74, 6) is -1.47. The molecule has 0 aliphatic carbocycles. The molecule has 0 saturated carbocycles. The van der Waals surface area contributed by atoms with Crippen molar-refractivity contribution in [3.63, 3.8) is 0 Å². The molecule has 0 heterocycles. The number of anilines is 2. The van der Waals surface area contributed by atoms with Crippen LogP contribution in [-0.2, 0) is 20.0 Å². The van der Waals surface area contributed by atoms with Gasteiger partial charge in [0.05, 0.1) is 36.2 Å². The molecule has 2 aromatic rings. The SMILES string of the molecule is CS(=O)(=O)Nc1ccc(C(=O)/C(C#N)=C/C=C/C=C/C(C#N)C(O)c2ccc(NS(C)(=O)=O)cc2)cc1. The van der Waals surface area contributed by atoms with Gasteiger partial charge in [0, 0.05) is 16.9 Å². The van der Waals surface area contributed by atoms with Crippen LogP contribution in [0.4, 0.5) is 11.4 Å². The van der Waals surface area contributed by atoms with Gasteiger partial charge in [0.25, 0.3) is 0 Å². The first-order chi connectivity index (χ1) is 17.3. The van der Waals surface area contributed by atoms with Crippen molar-refractivity contribution in [2.75, 3.05) is 22.0 Å². The van der Waals surface area contributed by atoms with Crippen molar-refractivity contribution in [1.29, 1.82) is 10.5 Å². The topological polar surface area (TPSA) is 177 Å². The number of nitrogens with zero attached hydrogens (tertiary/aromatic N) is 2. The number of sulfonamides is 2. The number of aliphatic hydroxyl groups excluding tert-OH is 1. The lowest BCUT2D eigenvalue weighted by atomic mass is 9.96. The first-order valence-electron chi connectivity index (χ1n) is 10.6. The van der Waals surface area contributed by atoms with Crippen LogP contribution in [-0.4, -0.2) is 40.2 Å². The van der Waals surface area contributed by atoms with Crippen LogP contribution in [0, 0.1) is 28.6 Å². The van der Waals surface area contributed by atoms with Crippen molar-refractivity contribution >= 4 is 37.2 Å². The largest absolute Gasteiger partial charge is 0.387 e. The fourth-order valence-electron chi connectivity index (χ4n) is 3.01. The van der Waals surface area contributed by atoms with Crippen LogP contribution in [0.2, 0.25) is 0 Å². The summed E-state index contributed by atoms with van der Waals surface area (Å²) >= 11 is 0. The number of rotatable bonds is 11. The van der Waals surface area contributed by atoms with Crippen LogP contribution < -0.4 is 9.44 Å². The minimum absolute atomic E-state index is 0.159. The fourth-order valence-corrected chi connectivity index (χ4v) is 4.14. The summed E-state index contributed by atoms with van der Waals surface area (Å²) in [6, 6.07) is 15.3. The second-order valence-electron chi connectivity index (χ2n) is 7.84. The third kappa shape index (κ3) is 9.74. The molecule has 2 atom stereocenters. The molecule has 0 aromatic heterocycles. The number of carbonyl (C=O) groups is 1. The van der Waals surface area contributed by atoms with Gasteiger partial charge >= 0.3 is 0 Å². The molecule has 2 unspecified atom stereocenters. The molecule has 0 aliphatic heterocycles. The summed E-state index contributed by atoms with van der Waals surface area (Å²) in [5.41, 5.74) is 1.05. The van der Waals surface area contributed by atoms with E-state index in [1.54, 1.807) is 0 Å². The monoisotopic (exact) mass is 540 g/mol. The van der Waals surface area contributed by atoms with Crippen LogP contribution in [0.25, 0.3) is 0 Å². The molecule has 37 heavy (non-hydrogen) atoms.